The van der Waals surface area contributed by atoms with Crippen LogP contribution < -0.4 is 0 Å². The summed E-state index contributed by atoms with van der Waals surface area (Å²) in [5.74, 6) is -1.86. The molecule has 2 aliphatic carbocycles. The van der Waals surface area contributed by atoms with Gasteiger partial charge in [-0.25, -0.2) is 0 Å². The standard InChI is InChI=1S/C8H10O4/c9-5(10)7-2-1-3-8(7,4-7)6(11)12/h1-4H2,(H,9,10)(H,11,12). The first-order valence-electron chi connectivity index (χ1n) is 4.02. The number of carbonyl (C=O) groups is 2. The van der Waals surface area contributed by atoms with Crippen molar-refractivity contribution in [3.63, 3.8) is 0 Å². The van der Waals surface area contributed by atoms with Crippen LogP contribution in [0.2, 0.25) is 0 Å². The second-order valence-corrected chi connectivity index (χ2v) is 3.80. The lowest BCUT2D eigenvalue weighted by molar-refractivity contribution is -0.152. The van der Waals surface area contributed by atoms with E-state index in [9.17, 15) is 9.59 Å². The third kappa shape index (κ3) is 0.552. The second-order valence-electron chi connectivity index (χ2n) is 3.80. The Balaban J connectivity index is 2.34. The van der Waals surface area contributed by atoms with Crippen molar-refractivity contribution < 1.29 is 19.8 Å². The molecule has 4 heteroatoms. The molecular formula is C8H10O4. The quantitative estimate of drug-likeness (QED) is 0.640. The van der Waals surface area contributed by atoms with Crippen LogP contribution in [0.15, 0.2) is 0 Å². The van der Waals surface area contributed by atoms with Crippen molar-refractivity contribution in [2.24, 2.45) is 10.8 Å². The summed E-state index contributed by atoms with van der Waals surface area (Å²) in [6.07, 6.45) is 2.15. The summed E-state index contributed by atoms with van der Waals surface area (Å²) in [6, 6.07) is 0. The zero-order valence-electron chi connectivity index (χ0n) is 6.54. The first kappa shape index (κ1) is 7.58. The highest BCUT2D eigenvalue weighted by molar-refractivity contribution is 5.93. The van der Waals surface area contributed by atoms with Crippen LogP contribution in [0.25, 0.3) is 0 Å². The number of fused-ring (bicyclic) bond motifs is 1. The summed E-state index contributed by atoms with van der Waals surface area (Å²) in [4.78, 5) is 21.6. The predicted octanol–water partition coefficient (Wildman–Crippen LogP) is 0.716. The highest BCUT2D eigenvalue weighted by Crippen LogP contribution is 2.73. The minimum atomic E-state index is -0.928. The summed E-state index contributed by atoms with van der Waals surface area (Å²) >= 11 is 0. The normalized spacial score (nSPS) is 43.7. The molecular weight excluding hydrogens is 160 g/mol. The van der Waals surface area contributed by atoms with Gasteiger partial charge < -0.3 is 10.2 Å². The van der Waals surface area contributed by atoms with Gasteiger partial charge in [-0.1, -0.05) is 6.42 Å². The Kier molecular flexibility index (Phi) is 1.14. The van der Waals surface area contributed by atoms with Crippen LogP contribution >= 0.6 is 0 Å². The average molecular weight is 170 g/mol. The van der Waals surface area contributed by atoms with E-state index in [1.807, 2.05) is 0 Å². The van der Waals surface area contributed by atoms with Gasteiger partial charge in [-0.05, 0) is 19.3 Å². The average Bonchev–Trinajstić information content (AvgIpc) is 2.52. The fourth-order valence-corrected chi connectivity index (χ4v) is 2.59. The number of hydrogen-bond donors (Lipinski definition) is 2. The molecule has 0 bridgehead atoms. The molecule has 0 aromatic carbocycles. The summed E-state index contributed by atoms with van der Waals surface area (Å²) in [5, 5.41) is 17.7. The summed E-state index contributed by atoms with van der Waals surface area (Å²) < 4.78 is 0. The molecule has 0 spiro atoms. The van der Waals surface area contributed by atoms with Crippen LogP contribution in [0.1, 0.15) is 25.7 Å². The fraction of sp³-hybridized carbons (Fsp3) is 0.750. The van der Waals surface area contributed by atoms with Crippen molar-refractivity contribution in [1.82, 2.24) is 0 Å². The number of carboxylic acid groups (broad SMARTS) is 2. The number of aliphatic carboxylic acids is 2. The van der Waals surface area contributed by atoms with E-state index in [-0.39, 0.29) is 0 Å². The topological polar surface area (TPSA) is 74.6 Å². The van der Waals surface area contributed by atoms with Gasteiger partial charge in [0.2, 0.25) is 0 Å². The SMILES string of the molecule is O=C(O)C12CCCC1(C(=O)O)C2. The molecule has 0 aliphatic heterocycles. The lowest BCUT2D eigenvalue weighted by Crippen LogP contribution is -2.24. The molecule has 2 N–H and O–H groups in total. The Morgan fingerprint density at radius 2 is 1.42 bits per heavy atom. The molecule has 2 saturated carbocycles. The van der Waals surface area contributed by atoms with Gasteiger partial charge in [0, 0.05) is 0 Å². The highest BCUT2D eigenvalue weighted by Gasteiger charge is 2.78. The third-order valence-corrected chi connectivity index (χ3v) is 3.42. The Bertz CT molecular complexity index is 246. The molecule has 0 aromatic rings. The van der Waals surface area contributed by atoms with E-state index >= 15 is 0 Å². The lowest BCUT2D eigenvalue weighted by atomic mass is 9.97. The van der Waals surface area contributed by atoms with E-state index in [1.165, 1.54) is 0 Å². The van der Waals surface area contributed by atoms with Crippen LogP contribution in [0.5, 0.6) is 0 Å². The molecule has 0 aromatic heterocycles. The molecule has 12 heavy (non-hydrogen) atoms. The maximum atomic E-state index is 10.8. The van der Waals surface area contributed by atoms with Gasteiger partial charge in [0.05, 0.1) is 10.8 Å². The van der Waals surface area contributed by atoms with Gasteiger partial charge in [-0.2, -0.15) is 0 Å². The zero-order valence-corrected chi connectivity index (χ0v) is 6.54. The molecule has 4 nitrogen and oxygen atoms in total. The van der Waals surface area contributed by atoms with E-state index in [1.54, 1.807) is 0 Å². The molecule has 2 atom stereocenters. The molecule has 2 aliphatic rings. The first-order chi connectivity index (χ1) is 5.55. The van der Waals surface area contributed by atoms with Crippen molar-refractivity contribution >= 4 is 11.9 Å². The minimum absolute atomic E-state index is 0.338. The van der Waals surface area contributed by atoms with Crippen LogP contribution in [0.4, 0.5) is 0 Å². The van der Waals surface area contributed by atoms with E-state index in [2.05, 4.69) is 0 Å². The minimum Gasteiger partial charge on any atom is -0.481 e. The van der Waals surface area contributed by atoms with E-state index in [0.717, 1.165) is 6.42 Å². The maximum absolute atomic E-state index is 10.8. The predicted molar refractivity (Wildman–Crippen MR) is 38.6 cm³/mol. The number of rotatable bonds is 2. The van der Waals surface area contributed by atoms with Crippen LogP contribution in [0.3, 0.4) is 0 Å². The molecule has 0 amide bonds. The molecule has 2 rings (SSSR count). The second kappa shape index (κ2) is 1.81. The van der Waals surface area contributed by atoms with Crippen LogP contribution in [-0.4, -0.2) is 22.2 Å². The Morgan fingerprint density at radius 1 is 1.00 bits per heavy atom. The summed E-state index contributed by atoms with van der Waals surface area (Å²) in [7, 11) is 0. The smallest absolute Gasteiger partial charge is 0.310 e. The van der Waals surface area contributed by atoms with Gasteiger partial charge in [0.15, 0.2) is 0 Å². The van der Waals surface area contributed by atoms with E-state index in [4.69, 9.17) is 10.2 Å². The van der Waals surface area contributed by atoms with Crippen LogP contribution in [-0.2, 0) is 9.59 Å². The van der Waals surface area contributed by atoms with Crippen LogP contribution in [0, 0.1) is 10.8 Å². The third-order valence-electron chi connectivity index (χ3n) is 3.42. The van der Waals surface area contributed by atoms with E-state index in [0.29, 0.717) is 19.3 Å². The van der Waals surface area contributed by atoms with Crippen molar-refractivity contribution in [3.8, 4) is 0 Å². The lowest BCUT2D eigenvalue weighted by Gasteiger charge is -2.08. The van der Waals surface area contributed by atoms with Gasteiger partial charge in [-0.3, -0.25) is 9.59 Å². The molecule has 2 fully saturated rings. The molecule has 66 valence electrons. The van der Waals surface area contributed by atoms with Gasteiger partial charge in [0.25, 0.3) is 0 Å². The summed E-state index contributed by atoms with van der Waals surface area (Å²) in [5.41, 5.74) is -1.81. The Hall–Kier alpha value is -1.06. The molecule has 2 unspecified atom stereocenters. The van der Waals surface area contributed by atoms with E-state index < -0.39 is 22.8 Å². The van der Waals surface area contributed by atoms with Gasteiger partial charge in [-0.15, -0.1) is 0 Å². The number of hydrogen-bond acceptors (Lipinski definition) is 2. The van der Waals surface area contributed by atoms with Gasteiger partial charge >= 0.3 is 11.9 Å². The van der Waals surface area contributed by atoms with Crippen molar-refractivity contribution in [2.45, 2.75) is 25.7 Å². The van der Waals surface area contributed by atoms with Crippen molar-refractivity contribution in [2.75, 3.05) is 0 Å². The largest absolute Gasteiger partial charge is 0.481 e. The molecule has 0 saturated heterocycles. The zero-order chi connectivity index (χ0) is 8.98. The first-order valence-corrected chi connectivity index (χ1v) is 4.02. The van der Waals surface area contributed by atoms with Crippen molar-refractivity contribution in [3.05, 3.63) is 0 Å². The highest BCUT2D eigenvalue weighted by atomic mass is 16.4. The molecule has 0 heterocycles. The monoisotopic (exact) mass is 170 g/mol. The van der Waals surface area contributed by atoms with Crippen molar-refractivity contribution in [1.29, 1.82) is 0 Å². The Morgan fingerprint density at radius 3 is 1.67 bits per heavy atom. The molecule has 0 radical (unpaired) electrons. The Labute approximate surface area is 69.2 Å². The maximum Gasteiger partial charge on any atom is 0.310 e. The fourth-order valence-electron chi connectivity index (χ4n) is 2.59. The van der Waals surface area contributed by atoms with Gasteiger partial charge in [0.1, 0.15) is 0 Å². The summed E-state index contributed by atoms with van der Waals surface area (Å²) in [6.45, 7) is 0. The number of carboxylic acids is 2.